The van der Waals surface area contributed by atoms with Gasteiger partial charge in [0.15, 0.2) is 0 Å². The highest BCUT2D eigenvalue weighted by atomic mass is 79.9. The summed E-state index contributed by atoms with van der Waals surface area (Å²) in [6.45, 7) is 1.61. The normalized spacial score (nSPS) is 13.0. The van der Waals surface area contributed by atoms with Gasteiger partial charge in [-0.15, -0.1) is 0 Å². The summed E-state index contributed by atoms with van der Waals surface area (Å²) in [4.78, 5) is 25.3. The minimum absolute atomic E-state index is 0.0745. The molecule has 25 heavy (non-hydrogen) atoms. The van der Waals surface area contributed by atoms with Gasteiger partial charge in [-0.05, 0) is 48.5 Å². The lowest BCUT2D eigenvalue weighted by Crippen LogP contribution is -2.27. The van der Waals surface area contributed by atoms with Crippen molar-refractivity contribution in [2.24, 2.45) is 0 Å². The van der Waals surface area contributed by atoms with Gasteiger partial charge in [0.05, 0.1) is 6.54 Å². The lowest BCUT2D eigenvalue weighted by atomic mass is 10.2. The molecule has 1 aliphatic rings. The number of anilines is 1. The van der Waals surface area contributed by atoms with Gasteiger partial charge >= 0.3 is 6.03 Å². The van der Waals surface area contributed by atoms with Crippen LogP contribution in [-0.4, -0.2) is 31.6 Å². The predicted molar refractivity (Wildman–Crippen MR) is 101 cm³/mol. The lowest BCUT2D eigenvalue weighted by Gasteiger charge is -2.13. The lowest BCUT2D eigenvalue weighted by molar-refractivity contribution is 0.0958. The first-order valence-electron chi connectivity index (χ1n) is 7.81. The molecule has 0 aromatic heterocycles. The van der Waals surface area contributed by atoms with Gasteiger partial charge in [-0.25, -0.2) is 4.79 Å². The van der Waals surface area contributed by atoms with Crippen LogP contribution in [-0.2, 0) is 0 Å². The van der Waals surface area contributed by atoms with E-state index < -0.39 is 0 Å². The molecule has 0 bridgehead atoms. The molecule has 6 heteroatoms. The maximum Gasteiger partial charge on any atom is 0.321 e. The van der Waals surface area contributed by atoms with Crippen LogP contribution in [0.5, 0.6) is 0 Å². The first-order valence-corrected chi connectivity index (χ1v) is 8.61. The SMILES string of the molecule is O=C(NCC#Cc1ccc(N2CCNC2=O)cc1)c1ccc(Br)cc1. The third kappa shape index (κ3) is 4.40. The number of benzene rings is 2. The van der Waals surface area contributed by atoms with E-state index in [4.69, 9.17) is 0 Å². The Hall–Kier alpha value is -2.78. The minimum atomic E-state index is -0.155. The molecule has 1 heterocycles. The highest BCUT2D eigenvalue weighted by Crippen LogP contribution is 2.16. The van der Waals surface area contributed by atoms with E-state index in [-0.39, 0.29) is 18.5 Å². The van der Waals surface area contributed by atoms with Crippen LogP contribution in [0.25, 0.3) is 0 Å². The Balaban J connectivity index is 1.54. The number of hydrogen-bond donors (Lipinski definition) is 2. The average molecular weight is 398 g/mol. The van der Waals surface area contributed by atoms with E-state index in [9.17, 15) is 9.59 Å². The smallest absolute Gasteiger partial charge is 0.321 e. The standard InChI is InChI=1S/C19H16BrN3O2/c20-16-7-5-15(6-8-16)18(24)21-11-1-2-14-3-9-17(10-4-14)23-13-12-22-19(23)25/h3-10H,11-13H2,(H,21,24)(H,22,25). The first kappa shape index (κ1) is 17.1. The topological polar surface area (TPSA) is 61.4 Å². The summed E-state index contributed by atoms with van der Waals surface area (Å²) in [6, 6.07) is 14.5. The van der Waals surface area contributed by atoms with Gasteiger partial charge in [0.1, 0.15) is 0 Å². The number of urea groups is 1. The van der Waals surface area contributed by atoms with Crippen LogP contribution < -0.4 is 15.5 Å². The van der Waals surface area contributed by atoms with Crippen molar-refractivity contribution in [1.82, 2.24) is 10.6 Å². The van der Waals surface area contributed by atoms with Crippen molar-refractivity contribution in [3.8, 4) is 11.8 Å². The molecule has 0 atom stereocenters. The van der Waals surface area contributed by atoms with Crippen molar-refractivity contribution < 1.29 is 9.59 Å². The van der Waals surface area contributed by atoms with Gasteiger partial charge < -0.3 is 10.6 Å². The zero-order valence-electron chi connectivity index (χ0n) is 13.4. The average Bonchev–Trinajstić information content (AvgIpc) is 3.06. The second kappa shape index (κ2) is 7.86. The molecule has 0 unspecified atom stereocenters. The molecule has 5 nitrogen and oxygen atoms in total. The fourth-order valence-corrected chi connectivity index (χ4v) is 2.68. The summed E-state index contributed by atoms with van der Waals surface area (Å²) in [7, 11) is 0. The zero-order valence-corrected chi connectivity index (χ0v) is 15.0. The van der Waals surface area contributed by atoms with Gasteiger partial charge in [0.2, 0.25) is 0 Å². The van der Waals surface area contributed by atoms with Crippen LogP contribution in [0.15, 0.2) is 53.0 Å². The third-order valence-electron chi connectivity index (χ3n) is 3.71. The van der Waals surface area contributed by atoms with Crippen molar-refractivity contribution in [3.05, 3.63) is 64.1 Å². The van der Waals surface area contributed by atoms with E-state index in [2.05, 4.69) is 38.4 Å². The molecule has 2 aromatic carbocycles. The summed E-state index contributed by atoms with van der Waals surface area (Å²) >= 11 is 3.33. The molecule has 0 aliphatic carbocycles. The summed E-state index contributed by atoms with van der Waals surface area (Å²) in [5.41, 5.74) is 2.28. The van der Waals surface area contributed by atoms with Crippen molar-refractivity contribution >= 4 is 33.6 Å². The molecule has 2 aromatic rings. The van der Waals surface area contributed by atoms with E-state index in [0.717, 1.165) is 15.7 Å². The monoisotopic (exact) mass is 397 g/mol. The maximum atomic E-state index is 12.0. The fourth-order valence-electron chi connectivity index (χ4n) is 2.42. The second-order valence-electron chi connectivity index (χ2n) is 5.42. The summed E-state index contributed by atoms with van der Waals surface area (Å²) in [5.74, 6) is 5.77. The molecule has 3 amide bonds. The van der Waals surface area contributed by atoms with Gasteiger partial charge in [0, 0.05) is 34.4 Å². The fraction of sp³-hybridized carbons (Fsp3) is 0.158. The summed E-state index contributed by atoms with van der Waals surface area (Å²) in [6.07, 6.45) is 0. The van der Waals surface area contributed by atoms with E-state index in [0.29, 0.717) is 18.7 Å². The Morgan fingerprint density at radius 1 is 1.16 bits per heavy atom. The van der Waals surface area contributed by atoms with Crippen LogP contribution in [0.3, 0.4) is 0 Å². The number of carbonyl (C=O) groups excluding carboxylic acids is 2. The Bertz CT molecular complexity index is 836. The molecule has 0 spiro atoms. The van der Waals surface area contributed by atoms with Crippen LogP contribution in [0.2, 0.25) is 0 Å². The molecule has 126 valence electrons. The van der Waals surface area contributed by atoms with E-state index in [1.165, 1.54) is 0 Å². The van der Waals surface area contributed by atoms with Gasteiger partial charge in [-0.1, -0.05) is 27.8 Å². The highest BCUT2D eigenvalue weighted by Gasteiger charge is 2.20. The Kier molecular flexibility index (Phi) is 5.36. The highest BCUT2D eigenvalue weighted by molar-refractivity contribution is 9.10. The third-order valence-corrected chi connectivity index (χ3v) is 4.24. The molecule has 1 fully saturated rings. The zero-order chi connectivity index (χ0) is 17.6. The Morgan fingerprint density at radius 2 is 1.88 bits per heavy atom. The van der Waals surface area contributed by atoms with Crippen LogP contribution in [0, 0.1) is 11.8 Å². The van der Waals surface area contributed by atoms with Gasteiger partial charge in [0.25, 0.3) is 5.91 Å². The summed E-state index contributed by atoms with van der Waals surface area (Å²) in [5, 5.41) is 5.53. The number of hydrogen-bond acceptors (Lipinski definition) is 2. The number of amides is 3. The molecule has 3 rings (SSSR count). The number of halogens is 1. The first-order chi connectivity index (χ1) is 12.1. The van der Waals surface area contributed by atoms with Crippen LogP contribution in [0.1, 0.15) is 15.9 Å². The molecular formula is C19H16BrN3O2. The van der Waals surface area contributed by atoms with E-state index >= 15 is 0 Å². The number of carbonyl (C=O) groups is 2. The molecular weight excluding hydrogens is 382 g/mol. The maximum absolute atomic E-state index is 12.0. The Morgan fingerprint density at radius 3 is 2.52 bits per heavy atom. The molecule has 0 saturated carbocycles. The molecule has 2 N–H and O–H groups in total. The molecule has 1 saturated heterocycles. The predicted octanol–water partition coefficient (Wildman–Crippen LogP) is 2.76. The number of nitrogens with one attached hydrogen (secondary N) is 2. The largest absolute Gasteiger partial charge is 0.341 e. The van der Waals surface area contributed by atoms with Crippen molar-refractivity contribution in [2.45, 2.75) is 0 Å². The van der Waals surface area contributed by atoms with Crippen molar-refractivity contribution in [3.63, 3.8) is 0 Å². The quantitative estimate of drug-likeness (QED) is 0.782. The Labute approximate surface area is 154 Å². The molecule has 1 aliphatic heterocycles. The minimum Gasteiger partial charge on any atom is -0.341 e. The number of rotatable bonds is 3. The van der Waals surface area contributed by atoms with Crippen molar-refractivity contribution in [2.75, 3.05) is 24.5 Å². The molecule has 0 radical (unpaired) electrons. The van der Waals surface area contributed by atoms with Crippen LogP contribution in [0.4, 0.5) is 10.5 Å². The van der Waals surface area contributed by atoms with Gasteiger partial charge in [-0.2, -0.15) is 0 Å². The van der Waals surface area contributed by atoms with E-state index in [1.807, 2.05) is 36.4 Å². The number of nitrogens with zero attached hydrogens (tertiary/aromatic N) is 1. The van der Waals surface area contributed by atoms with E-state index in [1.54, 1.807) is 17.0 Å². The van der Waals surface area contributed by atoms with Crippen LogP contribution >= 0.6 is 15.9 Å². The summed E-state index contributed by atoms with van der Waals surface area (Å²) < 4.78 is 0.929. The van der Waals surface area contributed by atoms with Gasteiger partial charge in [-0.3, -0.25) is 9.69 Å². The second-order valence-corrected chi connectivity index (χ2v) is 6.34. The van der Waals surface area contributed by atoms with Crippen molar-refractivity contribution in [1.29, 1.82) is 0 Å².